The fraction of sp³-hybridized carbons (Fsp3) is 0.462. The third-order valence-corrected chi connectivity index (χ3v) is 2.13. The molecule has 0 saturated carbocycles. The zero-order valence-corrected chi connectivity index (χ0v) is 13.4. The van der Waals surface area contributed by atoms with Gasteiger partial charge in [-0.15, -0.1) is 24.0 Å². The zero-order chi connectivity index (χ0) is 12.7. The molecule has 0 amide bonds. The van der Waals surface area contributed by atoms with Gasteiger partial charge in [0.25, 0.3) is 0 Å². The fourth-order valence-electron chi connectivity index (χ4n) is 1.38. The van der Waals surface area contributed by atoms with Gasteiger partial charge in [-0.05, 0) is 26.8 Å². The molecular formula is C13H21FIN3. The van der Waals surface area contributed by atoms with Gasteiger partial charge in [-0.3, -0.25) is 0 Å². The predicted octanol–water partition coefficient (Wildman–Crippen LogP) is 2.91. The molecule has 1 aromatic rings. The molecule has 1 aromatic carbocycles. The van der Waals surface area contributed by atoms with E-state index in [0.717, 1.165) is 6.54 Å². The van der Waals surface area contributed by atoms with E-state index in [4.69, 9.17) is 0 Å². The van der Waals surface area contributed by atoms with Gasteiger partial charge in [0.15, 0.2) is 5.96 Å². The second kappa shape index (κ2) is 9.13. The summed E-state index contributed by atoms with van der Waals surface area (Å²) < 4.78 is 13.4. The minimum absolute atomic E-state index is 0. The average molecular weight is 365 g/mol. The van der Waals surface area contributed by atoms with Crippen LogP contribution in [-0.4, -0.2) is 18.5 Å². The Balaban J connectivity index is 0.00000289. The molecule has 0 aliphatic heterocycles. The van der Waals surface area contributed by atoms with Crippen molar-refractivity contribution in [2.45, 2.75) is 33.4 Å². The summed E-state index contributed by atoms with van der Waals surface area (Å²) >= 11 is 0. The van der Waals surface area contributed by atoms with Crippen molar-refractivity contribution >= 4 is 29.9 Å². The lowest BCUT2D eigenvalue weighted by Crippen LogP contribution is -2.41. The first-order chi connectivity index (χ1) is 8.13. The molecule has 18 heavy (non-hydrogen) atoms. The maximum Gasteiger partial charge on any atom is 0.191 e. The Bertz CT molecular complexity index is 380. The fourth-order valence-corrected chi connectivity index (χ4v) is 1.38. The van der Waals surface area contributed by atoms with Gasteiger partial charge < -0.3 is 10.6 Å². The highest BCUT2D eigenvalue weighted by Gasteiger charge is 2.02. The van der Waals surface area contributed by atoms with Crippen LogP contribution >= 0.6 is 24.0 Å². The van der Waals surface area contributed by atoms with E-state index in [2.05, 4.69) is 15.6 Å². The standard InChI is InChI=1S/C13H20FN3.HI/c1-4-15-13(17-10(2)3)16-9-11-7-5-6-8-12(11)14;/h5-8,10H,4,9H2,1-3H3,(H2,15,16,17);1H. The molecule has 0 atom stereocenters. The van der Waals surface area contributed by atoms with E-state index in [0.29, 0.717) is 24.1 Å². The van der Waals surface area contributed by atoms with E-state index in [1.807, 2.05) is 26.8 Å². The maximum absolute atomic E-state index is 13.4. The molecule has 0 aromatic heterocycles. The van der Waals surface area contributed by atoms with Crippen molar-refractivity contribution in [1.29, 1.82) is 0 Å². The van der Waals surface area contributed by atoms with Crippen LogP contribution < -0.4 is 10.6 Å². The normalized spacial score (nSPS) is 11.1. The summed E-state index contributed by atoms with van der Waals surface area (Å²) in [6.45, 7) is 7.21. The molecule has 0 unspecified atom stereocenters. The van der Waals surface area contributed by atoms with Gasteiger partial charge >= 0.3 is 0 Å². The van der Waals surface area contributed by atoms with Crippen LogP contribution in [0.25, 0.3) is 0 Å². The third-order valence-electron chi connectivity index (χ3n) is 2.13. The van der Waals surface area contributed by atoms with Crippen LogP contribution in [0.3, 0.4) is 0 Å². The average Bonchev–Trinajstić information content (AvgIpc) is 2.27. The Morgan fingerprint density at radius 1 is 1.33 bits per heavy atom. The molecule has 102 valence electrons. The number of rotatable bonds is 4. The van der Waals surface area contributed by atoms with Crippen LogP contribution in [0, 0.1) is 5.82 Å². The van der Waals surface area contributed by atoms with Crippen LogP contribution in [0.1, 0.15) is 26.3 Å². The quantitative estimate of drug-likeness (QED) is 0.489. The first-order valence-electron chi connectivity index (χ1n) is 5.91. The number of hydrogen-bond acceptors (Lipinski definition) is 1. The van der Waals surface area contributed by atoms with Crippen molar-refractivity contribution in [3.8, 4) is 0 Å². The molecule has 0 saturated heterocycles. The lowest BCUT2D eigenvalue weighted by molar-refractivity contribution is 0.609. The van der Waals surface area contributed by atoms with E-state index < -0.39 is 0 Å². The van der Waals surface area contributed by atoms with Crippen molar-refractivity contribution in [3.05, 3.63) is 35.6 Å². The molecule has 5 heteroatoms. The molecule has 0 fully saturated rings. The minimum atomic E-state index is -0.211. The van der Waals surface area contributed by atoms with E-state index in [9.17, 15) is 4.39 Å². The Kier molecular flexibility index (Phi) is 8.70. The monoisotopic (exact) mass is 365 g/mol. The van der Waals surface area contributed by atoms with Crippen molar-refractivity contribution in [3.63, 3.8) is 0 Å². The van der Waals surface area contributed by atoms with Crippen molar-refractivity contribution < 1.29 is 4.39 Å². The van der Waals surface area contributed by atoms with Crippen LogP contribution in [0.2, 0.25) is 0 Å². The Labute approximate surface area is 125 Å². The van der Waals surface area contributed by atoms with Gasteiger partial charge in [0.2, 0.25) is 0 Å². The van der Waals surface area contributed by atoms with Gasteiger partial charge in [0, 0.05) is 18.2 Å². The topological polar surface area (TPSA) is 36.4 Å². The van der Waals surface area contributed by atoms with Gasteiger partial charge in [-0.25, -0.2) is 9.38 Å². The second-order valence-electron chi connectivity index (χ2n) is 4.09. The molecule has 0 bridgehead atoms. The number of hydrogen-bond donors (Lipinski definition) is 2. The van der Waals surface area contributed by atoms with E-state index in [1.54, 1.807) is 12.1 Å². The van der Waals surface area contributed by atoms with E-state index in [1.165, 1.54) is 6.07 Å². The summed E-state index contributed by atoms with van der Waals surface area (Å²) in [6.07, 6.45) is 0. The Morgan fingerprint density at radius 2 is 2.00 bits per heavy atom. The van der Waals surface area contributed by atoms with E-state index >= 15 is 0 Å². The number of nitrogens with zero attached hydrogens (tertiary/aromatic N) is 1. The first-order valence-corrected chi connectivity index (χ1v) is 5.91. The SMILES string of the molecule is CCNC(=NCc1ccccc1F)NC(C)C.I. The summed E-state index contributed by atoms with van der Waals surface area (Å²) in [5, 5.41) is 6.31. The summed E-state index contributed by atoms with van der Waals surface area (Å²) in [7, 11) is 0. The molecule has 0 spiro atoms. The van der Waals surface area contributed by atoms with Crippen molar-refractivity contribution in [2.75, 3.05) is 6.54 Å². The van der Waals surface area contributed by atoms with Crippen LogP contribution in [0.5, 0.6) is 0 Å². The second-order valence-corrected chi connectivity index (χ2v) is 4.09. The minimum Gasteiger partial charge on any atom is -0.357 e. The molecule has 2 N–H and O–H groups in total. The number of nitrogens with one attached hydrogen (secondary N) is 2. The lowest BCUT2D eigenvalue weighted by atomic mass is 10.2. The predicted molar refractivity (Wildman–Crippen MR) is 84.9 cm³/mol. The summed E-state index contributed by atoms with van der Waals surface area (Å²) in [5.41, 5.74) is 0.605. The molecule has 3 nitrogen and oxygen atoms in total. The molecule has 0 aliphatic carbocycles. The highest BCUT2D eigenvalue weighted by atomic mass is 127. The van der Waals surface area contributed by atoms with Gasteiger partial charge in [0.1, 0.15) is 5.82 Å². The highest BCUT2D eigenvalue weighted by Crippen LogP contribution is 2.07. The van der Waals surface area contributed by atoms with Crippen LogP contribution in [0.15, 0.2) is 29.3 Å². The molecule has 1 rings (SSSR count). The maximum atomic E-state index is 13.4. The van der Waals surface area contributed by atoms with Crippen molar-refractivity contribution in [1.82, 2.24) is 10.6 Å². The lowest BCUT2D eigenvalue weighted by Gasteiger charge is -2.13. The van der Waals surface area contributed by atoms with Crippen molar-refractivity contribution in [2.24, 2.45) is 4.99 Å². The van der Waals surface area contributed by atoms with Gasteiger partial charge in [-0.1, -0.05) is 18.2 Å². The molecule has 0 aliphatic rings. The van der Waals surface area contributed by atoms with Gasteiger partial charge in [0.05, 0.1) is 6.54 Å². The summed E-state index contributed by atoms with van der Waals surface area (Å²) in [5.74, 6) is 0.502. The number of benzene rings is 1. The number of halogens is 2. The Morgan fingerprint density at radius 3 is 2.56 bits per heavy atom. The summed E-state index contributed by atoms with van der Waals surface area (Å²) in [4.78, 5) is 4.34. The van der Waals surface area contributed by atoms with Crippen LogP contribution in [0.4, 0.5) is 4.39 Å². The molecule has 0 radical (unpaired) electrons. The number of guanidine groups is 1. The van der Waals surface area contributed by atoms with E-state index in [-0.39, 0.29) is 29.8 Å². The highest BCUT2D eigenvalue weighted by molar-refractivity contribution is 14.0. The first kappa shape index (κ1) is 17.2. The summed E-state index contributed by atoms with van der Waals surface area (Å²) in [6, 6.07) is 7.00. The zero-order valence-electron chi connectivity index (χ0n) is 11.0. The largest absolute Gasteiger partial charge is 0.357 e. The third kappa shape index (κ3) is 6.18. The molecule has 0 heterocycles. The van der Waals surface area contributed by atoms with Gasteiger partial charge in [-0.2, -0.15) is 0 Å². The smallest absolute Gasteiger partial charge is 0.191 e. The number of aliphatic imine (C=N–C) groups is 1. The van der Waals surface area contributed by atoms with Crippen LogP contribution in [-0.2, 0) is 6.54 Å². The molecular weight excluding hydrogens is 344 g/mol. The Hall–Kier alpha value is -0.850.